The zero-order valence-electron chi connectivity index (χ0n) is 36.1. The molecule has 0 saturated carbocycles. The van der Waals surface area contributed by atoms with Crippen LogP contribution < -0.4 is 0 Å². The van der Waals surface area contributed by atoms with E-state index in [1.54, 1.807) is 18.2 Å². The summed E-state index contributed by atoms with van der Waals surface area (Å²) in [6.07, 6.45) is 0. The van der Waals surface area contributed by atoms with Crippen LogP contribution in [0.15, 0.2) is 174 Å². The van der Waals surface area contributed by atoms with Gasteiger partial charge in [0, 0.05) is 38.2 Å². The highest BCUT2D eigenvalue weighted by Crippen LogP contribution is 2.43. The summed E-state index contributed by atoms with van der Waals surface area (Å²) in [6, 6.07) is 28.5. The average Bonchev–Trinajstić information content (AvgIpc) is 3.83. The van der Waals surface area contributed by atoms with E-state index in [1.165, 1.54) is 6.07 Å². The Labute approximate surface area is 301 Å². The van der Waals surface area contributed by atoms with E-state index in [4.69, 9.17) is 33.1 Å². The molecular weight excluding hydrogens is 613 g/mol. The van der Waals surface area contributed by atoms with Gasteiger partial charge in [-0.1, -0.05) is 139 Å². The fourth-order valence-electron chi connectivity index (χ4n) is 6.66. The minimum absolute atomic E-state index is 0.0695. The van der Waals surface area contributed by atoms with Crippen LogP contribution in [0.2, 0.25) is 0 Å². The molecular formula is C45H28N4O. The lowest BCUT2D eigenvalue weighted by Gasteiger charge is -2.11. The standard InChI is InChI=1S/C45H28N4O/c1-4-15-29(16-5-1)32-27-36(30-17-6-2-7-18-30)42-37(28-32)41-35(23-14-26-40(41)50-42)44-46-43(31-19-8-3-9-20-31)47-45(48-44)49-38-24-12-10-21-33(38)34-22-11-13-25-39(34)49/h1-28H/i1D,2D,4D,5D,6D,7D,15D,16D,17D,18D. The molecule has 10 rings (SSSR count). The van der Waals surface area contributed by atoms with Gasteiger partial charge >= 0.3 is 0 Å². The Morgan fingerprint density at radius 3 is 1.84 bits per heavy atom. The molecule has 10 aromatic rings. The van der Waals surface area contributed by atoms with Crippen molar-refractivity contribution in [1.29, 1.82) is 0 Å². The molecule has 0 bridgehead atoms. The molecule has 0 fully saturated rings. The largest absolute Gasteiger partial charge is 0.455 e. The Hall–Kier alpha value is -6.85. The van der Waals surface area contributed by atoms with Crippen LogP contribution in [-0.2, 0) is 0 Å². The molecule has 3 heterocycles. The first kappa shape index (κ1) is 19.8. The number of aromatic nitrogens is 4. The fourth-order valence-corrected chi connectivity index (χ4v) is 6.66. The second kappa shape index (κ2) is 11.4. The van der Waals surface area contributed by atoms with Crippen molar-refractivity contribution in [3.63, 3.8) is 0 Å². The minimum Gasteiger partial charge on any atom is -0.455 e. The van der Waals surface area contributed by atoms with Crippen LogP contribution >= 0.6 is 0 Å². The van der Waals surface area contributed by atoms with E-state index in [9.17, 15) is 0 Å². The zero-order valence-corrected chi connectivity index (χ0v) is 26.1. The monoisotopic (exact) mass is 650 g/mol. The second-order valence-corrected chi connectivity index (χ2v) is 11.7. The van der Waals surface area contributed by atoms with Crippen molar-refractivity contribution in [2.75, 3.05) is 0 Å². The van der Waals surface area contributed by atoms with Crippen molar-refractivity contribution in [3.8, 4) is 51.0 Å². The third kappa shape index (κ3) is 4.52. The Bertz CT molecular complexity index is 3350. The third-order valence-corrected chi connectivity index (χ3v) is 8.83. The highest BCUT2D eigenvalue weighted by atomic mass is 16.3. The molecule has 5 nitrogen and oxygen atoms in total. The van der Waals surface area contributed by atoms with Gasteiger partial charge in [0.2, 0.25) is 5.95 Å². The SMILES string of the molecule is [2H]c1c([2H])c([2H])c(-c2cc(-c3c([2H])c([2H])c([2H])c([2H])c3[2H])c3oc4cccc(-c5nc(-c6ccccc6)nc(-n6c7ccccc7c7ccccc76)n5)c4c3c2)c([2H])c1[2H]. The smallest absolute Gasteiger partial charge is 0.238 e. The lowest BCUT2D eigenvalue weighted by atomic mass is 9.95. The third-order valence-electron chi connectivity index (χ3n) is 8.83. The summed E-state index contributed by atoms with van der Waals surface area (Å²) < 4.78 is 94.5. The van der Waals surface area contributed by atoms with E-state index in [2.05, 4.69) is 0 Å². The highest BCUT2D eigenvalue weighted by molar-refractivity contribution is 6.16. The van der Waals surface area contributed by atoms with E-state index in [0.29, 0.717) is 33.7 Å². The molecule has 0 aliphatic carbocycles. The van der Waals surface area contributed by atoms with Gasteiger partial charge in [0.1, 0.15) is 11.2 Å². The summed E-state index contributed by atoms with van der Waals surface area (Å²) in [5.74, 6) is 1.01. The normalized spacial score (nSPS) is 14.4. The van der Waals surface area contributed by atoms with Gasteiger partial charge < -0.3 is 4.42 Å². The predicted octanol–water partition coefficient (Wildman–Crippen LogP) is 11.5. The van der Waals surface area contributed by atoms with Crippen molar-refractivity contribution < 1.29 is 18.1 Å². The van der Waals surface area contributed by atoms with Crippen LogP contribution in [0.1, 0.15) is 13.7 Å². The van der Waals surface area contributed by atoms with Crippen LogP contribution in [0.5, 0.6) is 0 Å². The molecule has 0 saturated heterocycles. The molecule has 0 spiro atoms. The van der Waals surface area contributed by atoms with Crippen molar-refractivity contribution in [2.24, 2.45) is 0 Å². The Morgan fingerprint density at radius 1 is 0.480 bits per heavy atom. The number of rotatable bonds is 5. The summed E-state index contributed by atoms with van der Waals surface area (Å²) in [6.45, 7) is 0. The lowest BCUT2D eigenvalue weighted by molar-refractivity contribution is 0.670. The van der Waals surface area contributed by atoms with Gasteiger partial charge in [0.25, 0.3) is 0 Å². The molecule has 0 radical (unpaired) electrons. The van der Waals surface area contributed by atoms with Crippen LogP contribution in [0.3, 0.4) is 0 Å². The van der Waals surface area contributed by atoms with Crippen molar-refractivity contribution in [3.05, 3.63) is 170 Å². The van der Waals surface area contributed by atoms with Gasteiger partial charge in [-0.15, -0.1) is 0 Å². The fraction of sp³-hybridized carbons (Fsp3) is 0. The topological polar surface area (TPSA) is 56.7 Å². The summed E-state index contributed by atoms with van der Waals surface area (Å²) in [7, 11) is 0. The maximum Gasteiger partial charge on any atom is 0.238 e. The number of fused-ring (bicyclic) bond motifs is 6. The molecule has 7 aromatic carbocycles. The molecule has 0 atom stereocenters. The maximum atomic E-state index is 8.93. The van der Waals surface area contributed by atoms with Crippen LogP contribution in [0.25, 0.3) is 94.7 Å². The molecule has 50 heavy (non-hydrogen) atoms. The van der Waals surface area contributed by atoms with Gasteiger partial charge in [-0.25, -0.2) is 4.98 Å². The number of hydrogen-bond donors (Lipinski definition) is 0. The Kier molecular flexibility index (Phi) is 4.52. The summed E-state index contributed by atoms with van der Waals surface area (Å²) >= 11 is 0. The zero-order chi connectivity index (χ0) is 41.7. The number of nitrogens with zero attached hydrogens (tertiary/aromatic N) is 4. The highest BCUT2D eigenvalue weighted by Gasteiger charge is 2.22. The average molecular weight is 651 g/mol. The number of para-hydroxylation sites is 2. The molecule has 0 amide bonds. The first-order chi connectivity index (χ1) is 28.9. The Balaban J connectivity index is 1.33. The summed E-state index contributed by atoms with van der Waals surface area (Å²) in [4.78, 5) is 15.2. The molecule has 0 N–H and O–H groups in total. The van der Waals surface area contributed by atoms with Crippen molar-refractivity contribution >= 4 is 43.7 Å². The molecule has 0 unspecified atom stereocenters. The van der Waals surface area contributed by atoms with E-state index in [1.807, 2.05) is 89.5 Å². The van der Waals surface area contributed by atoms with E-state index < -0.39 is 60.4 Å². The first-order valence-corrected chi connectivity index (χ1v) is 15.9. The number of hydrogen-bond acceptors (Lipinski definition) is 4. The van der Waals surface area contributed by atoms with Gasteiger partial charge in [-0.05, 0) is 47.0 Å². The quantitative estimate of drug-likeness (QED) is 0.186. The molecule has 0 aliphatic rings. The van der Waals surface area contributed by atoms with Gasteiger partial charge in [-0.3, -0.25) is 4.57 Å². The van der Waals surface area contributed by atoms with Crippen molar-refractivity contribution in [1.82, 2.24) is 19.5 Å². The van der Waals surface area contributed by atoms with Crippen LogP contribution in [0, 0.1) is 0 Å². The van der Waals surface area contributed by atoms with E-state index in [-0.39, 0.29) is 33.7 Å². The summed E-state index contributed by atoms with van der Waals surface area (Å²) in [5, 5.41) is 2.87. The molecule has 0 aliphatic heterocycles. The Morgan fingerprint density at radius 2 is 1.12 bits per heavy atom. The van der Waals surface area contributed by atoms with Crippen LogP contribution in [0.4, 0.5) is 0 Å². The number of furan rings is 1. The van der Waals surface area contributed by atoms with E-state index in [0.717, 1.165) is 27.4 Å². The first-order valence-electron chi connectivity index (χ1n) is 20.9. The van der Waals surface area contributed by atoms with E-state index >= 15 is 0 Å². The molecule has 234 valence electrons. The summed E-state index contributed by atoms with van der Waals surface area (Å²) in [5.41, 5.74) is 3.38. The van der Waals surface area contributed by atoms with Crippen LogP contribution in [-0.4, -0.2) is 19.5 Å². The van der Waals surface area contributed by atoms with Gasteiger partial charge in [0.05, 0.1) is 24.7 Å². The molecule has 5 heteroatoms. The number of benzene rings is 7. The molecule has 3 aromatic heterocycles. The van der Waals surface area contributed by atoms with Crippen molar-refractivity contribution in [2.45, 2.75) is 0 Å². The minimum atomic E-state index is -0.582. The second-order valence-electron chi connectivity index (χ2n) is 11.7. The van der Waals surface area contributed by atoms with Gasteiger partial charge in [0.15, 0.2) is 11.6 Å². The van der Waals surface area contributed by atoms with Gasteiger partial charge in [-0.2, -0.15) is 9.97 Å². The predicted molar refractivity (Wildman–Crippen MR) is 203 cm³/mol. The maximum absolute atomic E-state index is 8.93. The lowest BCUT2D eigenvalue weighted by Crippen LogP contribution is -2.06.